The molecule has 0 spiro atoms. The summed E-state index contributed by atoms with van der Waals surface area (Å²) in [6.45, 7) is 9.28. The summed E-state index contributed by atoms with van der Waals surface area (Å²) in [5.41, 5.74) is 1.33. The van der Waals surface area contributed by atoms with Crippen LogP contribution >= 0.6 is 0 Å². The molecule has 118 valence electrons. The molecule has 0 fully saturated rings. The van der Waals surface area contributed by atoms with Crippen LogP contribution in [-0.2, 0) is 9.53 Å². The van der Waals surface area contributed by atoms with Gasteiger partial charge >= 0.3 is 5.97 Å². The van der Waals surface area contributed by atoms with Gasteiger partial charge in [-0.25, -0.2) is 0 Å². The molecule has 1 aromatic rings. The summed E-state index contributed by atoms with van der Waals surface area (Å²) in [6.07, 6.45) is 2.88. The van der Waals surface area contributed by atoms with Crippen molar-refractivity contribution in [3.8, 4) is 5.75 Å². The van der Waals surface area contributed by atoms with E-state index in [-0.39, 0.29) is 11.9 Å². The van der Waals surface area contributed by atoms with Gasteiger partial charge in [0.15, 0.2) is 0 Å². The van der Waals surface area contributed by atoms with Gasteiger partial charge in [0.1, 0.15) is 5.75 Å². The van der Waals surface area contributed by atoms with Gasteiger partial charge < -0.3 is 9.47 Å². The maximum Gasteiger partial charge on any atom is 0.308 e. The number of ether oxygens (including phenoxy) is 2. The molecule has 1 aromatic carbocycles. The van der Waals surface area contributed by atoms with E-state index < -0.39 is 0 Å². The highest BCUT2D eigenvalue weighted by molar-refractivity contribution is 5.71. The van der Waals surface area contributed by atoms with Crippen LogP contribution in [0.25, 0.3) is 0 Å². The Kier molecular flexibility index (Phi) is 7.88. The van der Waals surface area contributed by atoms with E-state index in [1.54, 1.807) is 0 Å². The SMILES string of the molecule is CC(C)C(=O)OCCCCCOc1ccc(C(C)C)cc1. The molecule has 0 aromatic heterocycles. The van der Waals surface area contributed by atoms with E-state index in [1.807, 2.05) is 26.0 Å². The largest absolute Gasteiger partial charge is 0.494 e. The molecule has 3 nitrogen and oxygen atoms in total. The van der Waals surface area contributed by atoms with E-state index in [9.17, 15) is 4.79 Å². The molecule has 3 heteroatoms. The molecule has 0 amide bonds. The van der Waals surface area contributed by atoms with Crippen LogP contribution in [0.4, 0.5) is 0 Å². The predicted octanol–water partition coefficient (Wildman–Crippen LogP) is 4.56. The summed E-state index contributed by atoms with van der Waals surface area (Å²) in [5.74, 6) is 1.32. The predicted molar refractivity (Wildman–Crippen MR) is 85.7 cm³/mol. The summed E-state index contributed by atoms with van der Waals surface area (Å²) in [4.78, 5) is 11.2. The van der Waals surface area contributed by atoms with Crippen molar-refractivity contribution in [3.63, 3.8) is 0 Å². The van der Waals surface area contributed by atoms with E-state index in [1.165, 1.54) is 5.56 Å². The molecule has 0 atom stereocenters. The highest BCUT2D eigenvalue weighted by Crippen LogP contribution is 2.18. The molecule has 0 N–H and O–H groups in total. The standard InChI is InChI=1S/C18H28O3/c1-14(2)16-8-10-17(11-9-16)20-12-6-5-7-13-21-18(19)15(3)4/h8-11,14-15H,5-7,12-13H2,1-4H3. The Bertz CT molecular complexity index is 407. The summed E-state index contributed by atoms with van der Waals surface area (Å²) < 4.78 is 10.8. The summed E-state index contributed by atoms with van der Waals surface area (Å²) >= 11 is 0. The minimum Gasteiger partial charge on any atom is -0.494 e. The minimum absolute atomic E-state index is 0.0397. The van der Waals surface area contributed by atoms with Crippen LogP contribution in [0.3, 0.4) is 0 Å². The topological polar surface area (TPSA) is 35.5 Å². The number of carbonyl (C=O) groups excluding carboxylic acids is 1. The molecule has 21 heavy (non-hydrogen) atoms. The molecule has 0 saturated heterocycles. The highest BCUT2D eigenvalue weighted by atomic mass is 16.5. The van der Waals surface area contributed by atoms with Gasteiger partial charge in [-0.1, -0.05) is 39.8 Å². The molecule has 0 aliphatic heterocycles. The lowest BCUT2D eigenvalue weighted by Gasteiger charge is -2.09. The lowest BCUT2D eigenvalue weighted by Crippen LogP contribution is -2.12. The van der Waals surface area contributed by atoms with Crippen LogP contribution in [0, 0.1) is 5.92 Å². The highest BCUT2D eigenvalue weighted by Gasteiger charge is 2.07. The zero-order valence-corrected chi connectivity index (χ0v) is 13.7. The van der Waals surface area contributed by atoms with Gasteiger partial charge in [-0.05, 0) is 42.9 Å². The molecule has 1 rings (SSSR count). The lowest BCUT2D eigenvalue weighted by molar-refractivity contribution is -0.147. The zero-order chi connectivity index (χ0) is 15.7. The second-order valence-corrected chi connectivity index (χ2v) is 5.96. The number of benzene rings is 1. The van der Waals surface area contributed by atoms with Gasteiger partial charge in [-0.2, -0.15) is 0 Å². The van der Waals surface area contributed by atoms with Crippen molar-refractivity contribution < 1.29 is 14.3 Å². The number of carbonyl (C=O) groups is 1. The summed E-state index contributed by atoms with van der Waals surface area (Å²) in [7, 11) is 0. The Labute approximate surface area is 128 Å². The molecule has 0 bridgehead atoms. The number of esters is 1. The van der Waals surface area contributed by atoms with Gasteiger partial charge in [0.05, 0.1) is 19.1 Å². The van der Waals surface area contributed by atoms with Gasteiger partial charge in [-0.3, -0.25) is 4.79 Å². The van der Waals surface area contributed by atoms with Crippen LogP contribution in [-0.4, -0.2) is 19.2 Å². The van der Waals surface area contributed by atoms with Crippen LogP contribution in [0.5, 0.6) is 5.75 Å². The van der Waals surface area contributed by atoms with Crippen molar-refractivity contribution in [2.24, 2.45) is 5.92 Å². The van der Waals surface area contributed by atoms with Crippen molar-refractivity contribution in [1.82, 2.24) is 0 Å². The normalized spacial score (nSPS) is 11.0. The van der Waals surface area contributed by atoms with Crippen molar-refractivity contribution in [2.45, 2.75) is 52.9 Å². The Morgan fingerprint density at radius 3 is 2.14 bits per heavy atom. The number of unbranched alkanes of at least 4 members (excludes halogenated alkanes) is 2. The van der Waals surface area contributed by atoms with E-state index >= 15 is 0 Å². The molecule has 0 unspecified atom stereocenters. The monoisotopic (exact) mass is 292 g/mol. The fourth-order valence-corrected chi connectivity index (χ4v) is 1.86. The first kappa shape index (κ1) is 17.5. The summed E-state index contributed by atoms with van der Waals surface area (Å²) in [5, 5.41) is 0. The van der Waals surface area contributed by atoms with Crippen LogP contribution in [0.1, 0.15) is 58.4 Å². The van der Waals surface area contributed by atoms with Gasteiger partial charge in [0.2, 0.25) is 0 Å². The van der Waals surface area contributed by atoms with Gasteiger partial charge in [-0.15, -0.1) is 0 Å². The number of rotatable bonds is 9. The van der Waals surface area contributed by atoms with E-state index in [2.05, 4.69) is 26.0 Å². The third-order valence-corrected chi connectivity index (χ3v) is 3.32. The molecule has 0 radical (unpaired) electrons. The molecular weight excluding hydrogens is 264 g/mol. The average molecular weight is 292 g/mol. The van der Waals surface area contributed by atoms with E-state index in [0.29, 0.717) is 19.1 Å². The number of hydrogen-bond donors (Lipinski definition) is 0. The fraction of sp³-hybridized carbons (Fsp3) is 0.611. The smallest absolute Gasteiger partial charge is 0.308 e. The Morgan fingerprint density at radius 1 is 0.952 bits per heavy atom. The molecule has 0 heterocycles. The van der Waals surface area contributed by atoms with E-state index in [0.717, 1.165) is 25.0 Å². The van der Waals surface area contributed by atoms with E-state index in [4.69, 9.17) is 9.47 Å². The van der Waals surface area contributed by atoms with Crippen LogP contribution in [0.15, 0.2) is 24.3 Å². The van der Waals surface area contributed by atoms with Gasteiger partial charge in [0.25, 0.3) is 0 Å². The first-order valence-corrected chi connectivity index (χ1v) is 7.90. The maximum absolute atomic E-state index is 11.2. The molecular formula is C18H28O3. The maximum atomic E-state index is 11.2. The van der Waals surface area contributed by atoms with Crippen molar-refractivity contribution in [1.29, 1.82) is 0 Å². The molecule has 0 saturated carbocycles. The lowest BCUT2D eigenvalue weighted by atomic mass is 10.0. The third kappa shape index (κ3) is 7.16. The average Bonchev–Trinajstić information content (AvgIpc) is 2.46. The second kappa shape index (κ2) is 9.43. The fourth-order valence-electron chi connectivity index (χ4n) is 1.86. The quantitative estimate of drug-likeness (QED) is 0.494. The van der Waals surface area contributed by atoms with Crippen molar-refractivity contribution >= 4 is 5.97 Å². The Hall–Kier alpha value is -1.51. The summed E-state index contributed by atoms with van der Waals surface area (Å²) in [6, 6.07) is 8.29. The minimum atomic E-state index is -0.114. The Balaban J connectivity index is 2.08. The third-order valence-electron chi connectivity index (χ3n) is 3.32. The van der Waals surface area contributed by atoms with Gasteiger partial charge in [0, 0.05) is 0 Å². The molecule has 0 aliphatic carbocycles. The van der Waals surface area contributed by atoms with Crippen molar-refractivity contribution in [3.05, 3.63) is 29.8 Å². The first-order chi connectivity index (χ1) is 10.0. The number of hydrogen-bond acceptors (Lipinski definition) is 3. The van der Waals surface area contributed by atoms with Crippen LogP contribution in [0.2, 0.25) is 0 Å². The van der Waals surface area contributed by atoms with Crippen LogP contribution < -0.4 is 4.74 Å². The van der Waals surface area contributed by atoms with Crippen molar-refractivity contribution in [2.75, 3.05) is 13.2 Å². The Morgan fingerprint density at radius 2 is 1.57 bits per heavy atom. The first-order valence-electron chi connectivity index (χ1n) is 7.90. The zero-order valence-electron chi connectivity index (χ0n) is 13.7. The molecule has 0 aliphatic rings. The second-order valence-electron chi connectivity index (χ2n) is 5.96.